The van der Waals surface area contributed by atoms with Crippen LogP contribution in [0.2, 0.25) is 0 Å². The minimum Gasteiger partial charge on any atom is -0.349 e. The number of ether oxygens (including phenoxy) is 1. The summed E-state index contributed by atoms with van der Waals surface area (Å²) in [6.45, 7) is -0.362. The fourth-order valence-corrected chi connectivity index (χ4v) is 4.77. The molecule has 0 saturated carbocycles. The highest BCUT2D eigenvalue weighted by molar-refractivity contribution is 7.48. The third-order valence-electron chi connectivity index (χ3n) is 4.91. The van der Waals surface area contributed by atoms with E-state index in [9.17, 15) is 27.3 Å². The van der Waals surface area contributed by atoms with Crippen molar-refractivity contribution in [3.63, 3.8) is 0 Å². The van der Waals surface area contributed by atoms with E-state index in [1.165, 1.54) is 6.07 Å². The van der Waals surface area contributed by atoms with Crippen LogP contribution in [0.3, 0.4) is 0 Å². The standard InChI is InChI=1S/C18H17F3NO7P/c19-11-2-1-10(12(20)5-11)3-4-26-30(25)27-9-16-15(29-30)7-18(28-16)22-8-13(21)14(23)6-17(22)24/h1-2,5,8,15-16,18H,3-4,6-7,9H2/t15-,16+,18+,30?/m0/s1. The average Bonchev–Trinajstić information content (AvgIpc) is 3.09. The number of carbonyl (C=O) groups is 2. The number of nitrogens with zero attached hydrogens (tertiary/aromatic N) is 1. The van der Waals surface area contributed by atoms with E-state index in [0.717, 1.165) is 23.2 Å². The van der Waals surface area contributed by atoms with Gasteiger partial charge in [0, 0.05) is 18.7 Å². The quantitative estimate of drug-likeness (QED) is 0.507. The lowest BCUT2D eigenvalue weighted by atomic mass is 10.1. The Bertz CT molecular complexity index is 956. The maximum Gasteiger partial charge on any atom is 0.475 e. The van der Waals surface area contributed by atoms with Gasteiger partial charge in [-0.3, -0.25) is 28.1 Å². The molecule has 1 aromatic carbocycles. The van der Waals surface area contributed by atoms with Crippen LogP contribution in [-0.2, 0) is 38.9 Å². The summed E-state index contributed by atoms with van der Waals surface area (Å²) in [6, 6.07) is 3.09. The summed E-state index contributed by atoms with van der Waals surface area (Å²) in [5.74, 6) is -4.03. The third-order valence-corrected chi connectivity index (χ3v) is 6.40. The number of hydrogen-bond donors (Lipinski definition) is 0. The van der Waals surface area contributed by atoms with Crippen LogP contribution < -0.4 is 0 Å². The topological polar surface area (TPSA) is 91.4 Å². The molecule has 162 valence electrons. The minimum atomic E-state index is -3.97. The van der Waals surface area contributed by atoms with Gasteiger partial charge in [-0.2, -0.15) is 0 Å². The van der Waals surface area contributed by atoms with Gasteiger partial charge in [0.2, 0.25) is 11.7 Å². The first-order valence-corrected chi connectivity index (χ1v) is 10.6. The fraction of sp³-hybridized carbons (Fsp3) is 0.444. The maximum absolute atomic E-state index is 13.7. The van der Waals surface area contributed by atoms with Crippen LogP contribution in [0.4, 0.5) is 13.2 Å². The zero-order valence-corrected chi connectivity index (χ0v) is 16.4. The molecule has 3 aliphatic heterocycles. The number of allylic oxidation sites excluding steroid dienone is 1. The molecule has 1 aromatic rings. The molecule has 4 rings (SSSR count). The molecule has 8 nitrogen and oxygen atoms in total. The summed E-state index contributed by atoms with van der Waals surface area (Å²) >= 11 is 0. The number of fused-ring (bicyclic) bond motifs is 1. The number of carbonyl (C=O) groups excluding carboxylic acids is 2. The van der Waals surface area contributed by atoms with Crippen molar-refractivity contribution >= 4 is 19.5 Å². The fourth-order valence-electron chi connectivity index (χ4n) is 3.38. The van der Waals surface area contributed by atoms with Crippen molar-refractivity contribution in [2.45, 2.75) is 37.7 Å². The van der Waals surface area contributed by atoms with Crippen molar-refractivity contribution in [1.29, 1.82) is 0 Å². The number of amides is 1. The van der Waals surface area contributed by atoms with Gasteiger partial charge in [0.25, 0.3) is 0 Å². The van der Waals surface area contributed by atoms with E-state index in [0.29, 0.717) is 0 Å². The zero-order chi connectivity index (χ0) is 21.5. The predicted molar refractivity (Wildman–Crippen MR) is 93.4 cm³/mol. The molecule has 0 radical (unpaired) electrons. The number of hydrogen-bond acceptors (Lipinski definition) is 7. The smallest absolute Gasteiger partial charge is 0.349 e. The van der Waals surface area contributed by atoms with Crippen molar-refractivity contribution in [3.8, 4) is 0 Å². The van der Waals surface area contributed by atoms with Crippen LogP contribution in [-0.4, -0.2) is 48.2 Å². The lowest BCUT2D eigenvalue weighted by Gasteiger charge is -2.30. The molecular weight excluding hydrogens is 430 g/mol. The van der Waals surface area contributed by atoms with Crippen LogP contribution in [0, 0.1) is 11.6 Å². The number of ketones is 1. The van der Waals surface area contributed by atoms with E-state index in [1.54, 1.807) is 0 Å². The summed E-state index contributed by atoms with van der Waals surface area (Å²) in [7, 11) is -3.97. The van der Waals surface area contributed by atoms with E-state index < -0.39 is 61.8 Å². The van der Waals surface area contributed by atoms with Crippen molar-refractivity contribution in [2.24, 2.45) is 0 Å². The summed E-state index contributed by atoms with van der Waals surface area (Å²) in [5, 5.41) is 0. The number of phosphoric ester groups is 1. The Morgan fingerprint density at radius 3 is 2.77 bits per heavy atom. The van der Waals surface area contributed by atoms with E-state index >= 15 is 0 Å². The monoisotopic (exact) mass is 447 g/mol. The van der Waals surface area contributed by atoms with Gasteiger partial charge in [-0.1, -0.05) is 6.07 Å². The lowest BCUT2D eigenvalue weighted by Crippen LogP contribution is -2.40. The third kappa shape index (κ3) is 4.35. The first-order chi connectivity index (χ1) is 14.2. The Morgan fingerprint density at radius 1 is 1.20 bits per heavy atom. The Hall–Kier alpha value is -2.04. The van der Waals surface area contributed by atoms with Crippen LogP contribution >= 0.6 is 7.82 Å². The van der Waals surface area contributed by atoms with Crippen LogP contribution in [0.25, 0.3) is 0 Å². The summed E-state index contributed by atoms with van der Waals surface area (Å²) in [6.07, 6.45) is -2.07. The molecule has 12 heteroatoms. The zero-order valence-electron chi connectivity index (χ0n) is 15.5. The van der Waals surface area contributed by atoms with Gasteiger partial charge >= 0.3 is 7.82 Å². The van der Waals surface area contributed by atoms with Crippen molar-refractivity contribution < 1.29 is 45.6 Å². The molecule has 1 unspecified atom stereocenters. The number of rotatable bonds is 5. The second kappa shape index (κ2) is 8.24. The summed E-state index contributed by atoms with van der Waals surface area (Å²) in [5.41, 5.74) is 0.175. The Balaban J connectivity index is 1.34. The van der Waals surface area contributed by atoms with Crippen LogP contribution in [0.1, 0.15) is 18.4 Å². The molecule has 4 atom stereocenters. The highest BCUT2D eigenvalue weighted by Gasteiger charge is 2.49. The molecule has 0 bridgehead atoms. The van der Waals surface area contributed by atoms with Crippen molar-refractivity contribution in [3.05, 3.63) is 47.4 Å². The van der Waals surface area contributed by atoms with Gasteiger partial charge in [-0.15, -0.1) is 0 Å². The van der Waals surface area contributed by atoms with Gasteiger partial charge in [-0.05, 0) is 18.1 Å². The summed E-state index contributed by atoms with van der Waals surface area (Å²) < 4.78 is 74.2. The van der Waals surface area contributed by atoms with Crippen molar-refractivity contribution in [1.82, 2.24) is 4.90 Å². The highest BCUT2D eigenvalue weighted by Crippen LogP contribution is 2.56. The van der Waals surface area contributed by atoms with E-state index in [4.69, 9.17) is 18.3 Å². The molecule has 2 saturated heterocycles. The summed E-state index contributed by atoms with van der Waals surface area (Å²) in [4.78, 5) is 24.2. The van der Waals surface area contributed by atoms with Gasteiger partial charge < -0.3 is 4.74 Å². The van der Waals surface area contributed by atoms with E-state index in [-0.39, 0.29) is 31.6 Å². The molecule has 2 fully saturated rings. The first kappa shape index (κ1) is 21.2. The van der Waals surface area contributed by atoms with Gasteiger partial charge in [0.15, 0.2) is 5.83 Å². The molecule has 0 spiro atoms. The highest BCUT2D eigenvalue weighted by atomic mass is 31.2. The Labute approximate surface area is 169 Å². The Kier molecular flexibility index (Phi) is 5.82. The molecule has 0 N–H and O–H groups in total. The SMILES string of the molecule is O=C1CC(=O)N([C@H]2C[C@@H]3OP(=O)(OCCc4ccc(F)cc4F)OC[C@H]3O2)C=C1F. The molecule has 0 aromatic heterocycles. The molecule has 30 heavy (non-hydrogen) atoms. The number of halogens is 3. The normalized spacial score (nSPS) is 31.6. The predicted octanol–water partition coefficient (Wildman–Crippen LogP) is 2.77. The van der Waals surface area contributed by atoms with Gasteiger partial charge in [0.05, 0.1) is 19.6 Å². The van der Waals surface area contributed by atoms with E-state index in [2.05, 4.69) is 0 Å². The largest absolute Gasteiger partial charge is 0.475 e. The maximum atomic E-state index is 13.7. The Morgan fingerprint density at radius 2 is 2.00 bits per heavy atom. The van der Waals surface area contributed by atoms with E-state index in [1.807, 2.05) is 0 Å². The van der Waals surface area contributed by atoms with Crippen LogP contribution in [0.5, 0.6) is 0 Å². The molecule has 3 heterocycles. The molecule has 3 aliphatic rings. The van der Waals surface area contributed by atoms with Gasteiger partial charge in [-0.25, -0.2) is 17.7 Å². The number of benzene rings is 1. The lowest BCUT2D eigenvalue weighted by molar-refractivity contribution is -0.146. The van der Waals surface area contributed by atoms with Crippen molar-refractivity contribution in [2.75, 3.05) is 13.2 Å². The second-order valence-electron chi connectivity index (χ2n) is 6.95. The molecule has 1 amide bonds. The number of Topliss-reactive ketones (excluding diaryl/α,β-unsaturated/α-hetero) is 1. The van der Waals surface area contributed by atoms with Crippen LogP contribution in [0.15, 0.2) is 30.2 Å². The first-order valence-electron chi connectivity index (χ1n) is 9.13. The second-order valence-corrected chi connectivity index (χ2v) is 8.57. The molecule has 0 aliphatic carbocycles. The number of phosphoric acid groups is 1. The van der Waals surface area contributed by atoms with Gasteiger partial charge in [0.1, 0.15) is 30.1 Å². The molecular formula is C18H17F3NO7P. The minimum absolute atomic E-state index is 0.0103. The average molecular weight is 447 g/mol.